The van der Waals surface area contributed by atoms with Crippen molar-refractivity contribution in [2.75, 3.05) is 38.7 Å². The zero-order valence-corrected chi connectivity index (χ0v) is 21.1. The van der Waals surface area contributed by atoms with Gasteiger partial charge in [-0.3, -0.25) is 4.90 Å². The Morgan fingerprint density at radius 3 is 2.24 bits per heavy atom. The van der Waals surface area contributed by atoms with Gasteiger partial charge in [0.05, 0.1) is 13.7 Å². The summed E-state index contributed by atoms with van der Waals surface area (Å²) in [5.74, 6) is 7.42. The molecule has 3 aromatic carbocycles. The third kappa shape index (κ3) is 5.64. The summed E-state index contributed by atoms with van der Waals surface area (Å²) in [5, 5.41) is 13.3. The number of hydrogen-bond acceptors (Lipinski definition) is 4. The molecule has 2 heterocycles. The molecule has 0 aliphatic carbocycles. The molecule has 0 radical (unpaired) electrons. The molecule has 3 aromatic rings. The molecule has 2 amide bonds. The summed E-state index contributed by atoms with van der Waals surface area (Å²) < 4.78 is 5.21. The van der Waals surface area contributed by atoms with Gasteiger partial charge in [0.15, 0.2) is 0 Å². The lowest BCUT2D eigenvalue weighted by molar-refractivity contribution is -0.0585. The molecule has 6 heteroatoms. The number of ether oxygens (including phenoxy) is 1. The number of nitrogens with zero attached hydrogens (tertiary/aromatic N) is 2. The summed E-state index contributed by atoms with van der Waals surface area (Å²) in [7, 11) is 1.65. The predicted octanol–water partition coefficient (Wildman–Crippen LogP) is 4.55. The summed E-state index contributed by atoms with van der Waals surface area (Å²) >= 11 is 0. The van der Waals surface area contributed by atoms with E-state index >= 15 is 0 Å². The van der Waals surface area contributed by atoms with Gasteiger partial charge >= 0.3 is 6.03 Å². The highest BCUT2D eigenvalue weighted by Crippen LogP contribution is 2.42. The lowest BCUT2D eigenvalue weighted by atomic mass is 9.74. The van der Waals surface area contributed by atoms with Crippen LogP contribution in [0.25, 0.3) is 0 Å². The van der Waals surface area contributed by atoms with Gasteiger partial charge in [0, 0.05) is 47.9 Å². The number of amides is 2. The number of methoxy groups -OCH3 is 1. The third-order valence-electron chi connectivity index (χ3n) is 7.42. The highest BCUT2D eigenvalue weighted by molar-refractivity contribution is 5.89. The van der Waals surface area contributed by atoms with E-state index in [9.17, 15) is 9.90 Å². The van der Waals surface area contributed by atoms with Crippen molar-refractivity contribution in [3.63, 3.8) is 0 Å². The van der Waals surface area contributed by atoms with Crippen LogP contribution in [0.2, 0.25) is 0 Å². The molecular weight excluding hydrogens is 462 g/mol. The maximum absolute atomic E-state index is 13.1. The Morgan fingerprint density at radius 1 is 0.946 bits per heavy atom. The molecule has 2 aliphatic heterocycles. The van der Waals surface area contributed by atoms with Crippen LogP contribution in [-0.4, -0.2) is 66.4 Å². The van der Waals surface area contributed by atoms with Gasteiger partial charge in [-0.25, -0.2) is 4.79 Å². The van der Waals surface area contributed by atoms with Gasteiger partial charge in [-0.15, -0.1) is 0 Å². The highest BCUT2D eigenvalue weighted by Gasteiger charge is 2.49. The first-order valence-corrected chi connectivity index (χ1v) is 12.9. The van der Waals surface area contributed by atoms with Crippen LogP contribution in [0.4, 0.5) is 10.5 Å². The van der Waals surface area contributed by atoms with Gasteiger partial charge < -0.3 is 20.1 Å². The Hall–Kier alpha value is -3.79. The number of benzene rings is 3. The average molecular weight is 496 g/mol. The standard InChI is InChI=1S/C31H33N3O3/c1-37-27-17-13-24(14-18-27)10-9-23-11-15-25(16-12-23)30-28-21-33(19-5-6-20-34(28)29(30)22-35)31(36)32-26-7-3-2-4-8-26/h2-4,7-8,11-18,28-30,35H,5-6,19-22H2,1H3,(H,32,36)/t28-,29-,30+/m1/s1. The molecule has 3 atom stereocenters. The van der Waals surface area contributed by atoms with Crippen LogP contribution in [0, 0.1) is 11.8 Å². The van der Waals surface area contributed by atoms with Gasteiger partial charge in [-0.05, 0) is 73.5 Å². The first kappa shape index (κ1) is 24.9. The molecule has 2 fully saturated rings. The largest absolute Gasteiger partial charge is 0.497 e. The van der Waals surface area contributed by atoms with Crippen molar-refractivity contribution in [2.24, 2.45) is 0 Å². The van der Waals surface area contributed by atoms with Gasteiger partial charge in [-0.2, -0.15) is 0 Å². The molecule has 0 aromatic heterocycles. The second kappa shape index (κ2) is 11.5. The molecule has 5 rings (SSSR count). The van der Waals surface area contributed by atoms with Crippen LogP contribution in [0.3, 0.4) is 0 Å². The number of rotatable bonds is 4. The summed E-state index contributed by atoms with van der Waals surface area (Å²) in [6, 6.07) is 25.8. The van der Waals surface area contributed by atoms with E-state index < -0.39 is 0 Å². The second-order valence-electron chi connectivity index (χ2n) is 9.63. The second-order valence-corrected chi connectivity index (χ2v) is 9.63. The summed E-state index contributed by atoms with van der Waals surface area (Å²) in [6.45, 7) is 2.43. The zero-order valence-electron chi connectivity index (χ0n) is 21.1. The first-order valence-electron chi connectivity index (χ1n) is 12.9. The zero-order chi connectivity index (χ0) is 25.6. The number of aliphatic hydroxyl groups is 1. The van der Waals surface area contributed by atoms with E-state index in [0.717, 1.165) is 48.5 Å². The van der Waals surface area contributed by atoms with Crippen molar-refractivity contribution < 1.29 is 14.6 Å². The summed E-state index contributed by atoms with van der Waals surface area (Å²) in [5.41, 5.74) is 3.86. The van der Waals surface area contributed by atoms with Crippen molar-refractivity contribution in [1.82, 2.24) is 9.80 Å². The fraction of sp³-hybridized carbons (Fsp3) is 0.323. The molecule has 2 aliphatic rings. The van der Waals surface area contributed by atoms with Crippen molar-refractivity contribution in [1.29, 1.82) is 0 Å². The molecule has 0 bridgehead atoms. The maximum Gasteiger partial charge on any atom is 0.321 e. The highest BCUT2D eigenvalue weighted by atomic mass is 16.5. The lowest BCUT2D eigenvalue weighted by Crippen LogP contribution is -2.68. The van der Waals surface area contributed by atoms with Crippen LogP contribution in [0.1, 0.15) is 35.4 Å². The van der Waals surface area contributed by atoms with Gasteiger partial charge in [0.1, 0.15) is 5.75 Å². The Kier molecular flexibility index (Phi) is 7.74. The molecular formula is C31H33N3O3. The van der Waals surface area contributed by atoms with Crippen LogP contribution >= 0.6 is 0 Å². The van der Waals surface area contributed by atoms with E-state index in [-0.39, 0.29) is 30.6 Å². The number of carbonyl (C=O) groups is 1. The molecule has 2 N–H and O–H groups in total. The van der Waals surface area contributed by atoms with Gasteiger partial charge in [-0.1, -0.05) is 42.2 Å². The van der Waals surface area contributed by atoms with E-state index in [0.29, 0.717) is 6.54 Å². The smallest absolute Gasteiger partial charge is 0.321 e. The quantitative estimate of drug-likeness (QED) is 0.521. The normalized spacial score (nSPS) is 21.4. The SMILES string of the molecule is COc1ccc(C#Cc2ccc([C@@H]3[C@@H](CO)N4CCCCN(C(=O)Nc5ccccc5)C[C@H]34)cc2)cc1. The van der Waals surface area contributed by atoms with E-state index in [1.165, 1.54) is 5.56 Å². The molecule has 0 unspecified atom stereocenters. The number of fused-ring (bicyclic) bond motifs is 1. The van der Waals surface area contributed by atoms with E-state index in [1.807, 2.05) is 71.6 Å². The van der Waals surface area contributed by atoms with Crippen LogP contribution in [-0.2, 0) is 0 Å². The predicted molar refractivity (Wildman–Crippen MR) is 146 cm³/mol. The first-order chi connectivity index (χ1) is 18.2. The number of aliphatic hydroxyl groups excluding tert-OH is 1. The monoisotopic (exact) mass is 495 g/mol. The fourth-order valence-corrected chi connectivity index (χ4v) is 5.46. The molecule has 37 heavy (non-hydrogen) atoms. The topological polar surface area (TPSA) is 65.0 Å². The Morgan fingerprint density at radius 2 is 1.59 bits per heavy atom. The number of nitrogens with one attached hydrogen (secondary N) is 1. The van der Waals surface area contributed by atoms with Crippen LogP contribution in [0.15, 0.2) is 78.9 Å². The maximum atomic E-state index is 13.1. The molecule has 2 saturated heterocycles. The third-order valence-corrected chi connectivity index (χ3v) is 7.42. The molecule has 6 nitrogen and oxygen atoms in total. The van der Waals surface area contributed by atoms with Crippen molar-refractivity contribution in [3.05, 3.63) is 95.6 Å². The molecule has 0 spiro atoms. The fourth-order valence-electron chi connectivity index (χ4n) is 5.46. The molecule has 0 saturated carbocycles. The number of anilines is 1. The Balaban J connectivity index is 1.30. The van der Waals surface area contributed by atoms with Crippen molar-refractivity contribution in [3.8, 4) is 17.6 Å². The minimum atomic E-state index is -0.0663. The number of urea groups is 1. The van der Waals surface area contributed by atoms with Crippen LogP contribution < -0.4 is 10.1 Å². The average Bonchev–Trinajstić information content (AvgIpc) is 2.92. The minimum Gasteiger partial charge on any atom is -0.497 e. The number of para-hydroxylation sites is 1. The summed E-state index contributed by atoms with van der Waals surface area (Å²) in [6.07, 6.45) is 1.96. The Labute approximate surface area is 218 Å². The van der Waals surface area contributed by atoms with Crippen LogP contribution in [0.5, 0.6) is 5.75 Å². The molecule has 190 valence electrons. The minimum absolute atomic E-state index is 0.0663. The lowest BCUT2D eigenvalue weighted by Gasteiger charge is -2.57. The number of hydrogen-bond donors (Lipinski definition) is 2. The van der Waals surface area contributed by atoms with Gasteiger partial charge in [0.2, 0.25) is 0 Å². The summed E-state index contributed by atoms with van der Waals surface area (Å²) in [4.78, 5) is 17.4. The van der Waals surface area contributed by atoms with Crippen molar-refractivity contribution in [2.45, 2.75) is 30.8 Å². The number of carbonyl (C=O) groups excluding carboxylic acids is 1. The van der Waals surface area contributed by atoms with Gasteiger partial charge in [0.25, 0.3) is 0 Å². The Bertz CT molecular complexity index is 1250. The van der Waals surface area contributed by atoms with E-state index in [2.05, 4.69) is 34.2 Å². The van der Waals surface area contributed by atoms with E-state index in [1.54, 1.807) is 7.11 Å². The van der Waals surface area contributed by atoms with Crippen molar-refractivity contribution >= 4 is 11.7 Å². The van der Waals surface area contributed by atoms with E-state index in [4.69, 9.17) is 4.74 Å².